The fourth-order valence-electron chi connectivity index (χ4n) is 4.57. The van der Waals surface area contributed by atoms with E-state index in [9.17, 15) is 13.2 Å². The minimum atomic E-state index is -4.47. The molecule has 2 aromatic heterocycles. The third-order valence-corrected chi connectivity index (χ3v) is 9.79. The van der Waals surface area contributed by atoms with Crippen LogP contribution in [0.4, 0.5) is 13.2 Å². The highest BCUT2D eigenvalue weighted by Crippen LogP contribution is 2.46. The first-order chi connectivity index (χ1) is 15.5. The molecule has 0 atom stereocenters. The number of halogens is 3. The van der Waals surface area contributed by atoms with E-state index in [1.165, 1.54) is 21.9 Å². The zero-order valence-electron chi connectivity index (χ0n) is 19.2. The molecule has 0 aliphatic carbocycles. The Kier molecular flexibility index (Phi) is 4.96. The van der Waals surface area contributed by atoms with Crippen molar-refractivity contribution in [2.75, 3.05) is 0 Å². The maximum absolute atomic E-state index is 14.0. The van der Waals surface area contributed by atoms with Crippen LogP contribution < -0.4 is 5.19 Å². The number of alkyl halides is 3. The first-order valence-corrected chi connectivity index (χ1v) is 15.2. The molecule has 168 valence electrons. The van der Waals surface area contributed by atoms with E-state index in [-0.39, 0.29) is 5.39 Å². The quantitative estimate of drug-likeness (QED) is 0.231. The third kappa shape index (κ3) is 3.56. The molecule has 5 aromatic rings. The van der Waals surface area contributed by atoms with E-state index in [1.807, 2.05) is 38.1 Å². The molecule has 6 heteroatoms. The van der Waals surface area contributed by atoms with Crippen LogP contribution in [0.5, 0.6) is 0 Å². The number of pyridine rings is 1. The van der Waals surface area contributed by atoms with Gasteiger partial charge in [0.1, 0.15) is 0 Å². The number of rotatable bonds is 2. The SMILES string of the molecule is Cc1ccc2c(sc3c(-c4cc([Si](C)(C)C)c5ccccc5c4)ncc(C(F)(F)F)c32)c1C. The molecular weight excluding hydrogens is 455 g/mol. The van der Waals surface area contributed by atoms with E-state index < -0.39 is 19.8 Å². The maximum atomic E-state index is 14.0. The molecule has 1 nitrogen and oxygen atoms in total. The van der Waals surface area contributed by atoms with E-state index in [1.54, 1.807) is 0 Å². The minimum Gasteiger partial charge on any atom is -0.254 e. The van der Waals surface area contributed by atoms with E-state index in [0.29, 0.717) is 15.8 Å². The van der Waals surface area contributed by atoms with Gasteiger partial charge in [0.2, 0.25) is 0 Å². The van der Waals surface area contributed by atoms with Gasteiger partial charge in [-0.25, -0.2) is 0 Å². The monoisotopic (exact) mass is 479 g/mol. The Hall–Kier alpha value is -2.70. The highest BCUT2D eigenvalue weighted by molar-refractivity contribution is 7.26. The number of nitrogens with zero attached hydrogens (tertiary/aromatic N) is 1. The highest BCUT2D eigenvalue weighted by Gasteiger charge is 2.35. The van der Waals surface area contributed by atoms with Gasteiger partial charge in [0.15, 0.2) is 0 Å². The largest absolute Gasteiger partial charge is 0.418 e. The zero-order valence-corrected chi connectivity index (χ0v) is 21.0. The van der Waals surface area contributed by atoms with Crippen LogP contribution in [0.15, 0.2) is 54.7 Å². The van der Waals surface area contributed by atoms with Gasteiger partial charge in [-0.2, -0.15) is 13.2 Å². The van der Waals surface area contributed by atoms with Gasteiger partial charge < -0.3 is 0 Å². The molecule has 5 rings (SSSR count). The molecule has 0 spiro atoms. The normalized spacial score (nSPS) is 12.8. The lowest BCUT2D eigenvalue weighted by Gasteiger charge is -2.21. The summed E-state index contributed by atoms with van der Waals surface area (Å²) in [6.07, 6.45) is -3.45. The number of thiophene rings is 1. The first-order valence-electron chi connectivity index (χ1n) is 10.9. The summed E-state index contributed by atoms with van der Waals surface area (Å²) in [7, 11) is -1.72. The van der Waals surface area contributed by atoms with Crippen molar-refractivity contribution in [3.05, 3.63) is 71.4 Å². The summed E-state index contributed by atoms with van der Waals surface area (Å²) in [6, 6.07) is 16.2. The Morgan fingerprint density at radius 3 is 2.30 bits per heavy atom. The highest BCUT2D eigenvalue weighted by atomic mass is 32.1. The molecule has 0 amide bonds. The van der Waals surface area contributed by atoms with Crippen molar-refractivity contribution < 1.29 is 13.2 Å². The Labute approximate surface area is 195 Å². The molecule has 0 saturated carbocycles. The molecule has 0 unspecified atom stereocenters. The molecule has 3 aromatic carbocycles. The lowest BCUT2D eigenvalue weighted by atomic mass is 10.00. The number of fused-ring (bicyclic) bond motifs is 4. The van der Waals surface area contributed by atoms with Crippen molar-refractivity contribution in [2.45, 2.75) is 39.7 Å². The summed E-state index contributed by atoms with van der Waals surface area (Å²) >= 11 is 1.42. The van der Waals surface area contributed by atoms with Gasteiger partial charge in [-0.1, -0.05) is 67.3 Å². The fourth-order valence-corrected chi connectivity index (χ4v) is 7.58. The van der Waals surface area contributed by atoms with Crippen LogP contribution in [0.1, 0.15) is 16.7 Å². The van der Waals surface area contributed by atoms with Gasteiger partial charge in [-0.3, -0.25) is 4.98 Å². The first kappa shape index (κ1) is 22.1. The van der Waals surface area contributed by atoms with Crippen molar-refractivity contribution in [2.24, 2.45) is 0 Å². The lowest BCUT2D eigenvalue weighted by molar-refractivity contribution is -0.136. The number of benzene rings is 3. The third-order valence-electron chi connectivity index (χ3n) is 6.43. The molecule has 0 radical (unpaired) electrons. The summed E-state index contributed by atoms with van der Waals surface area (Å²) in [6.45, 7) is 10.8. The number of hydrogen-bond donors (Lipinski definition) is 0. The molecule has 0 bridgehead atoms. The van der Waals surface area contributed by atoms with E-state index in [0.717, 1.165) is 33.0 Å². The summed E-state index contributed by atoms with van der Waals surface area (Å²) in [5.74, 6) is 0. The molecule has 0 aliphatic heterocycles. The van der Waals surface area contributed by atoms with Gasteiger partial charge in [-0.05, 0) is 41.8 Å². The number of aryl methyl sites for hydroxylation is 2. The molecule has 0 saturated heterocycles. The van der Waals surface area contributed by atoms with Crippen LogP contribution in [0.25, 0.3) is 42.2 Å². The second-order valence-electron chi connectivity index (χ2n) is 9.70. The number of aromatic nitrogens is 1. The van der Waals surface area contributed by atoms with Gasteiger partial charge in [0, 0.05) is 27.2 Å². The predicted octanol–water partition coefficient (Wildman–Crippen LogP) is 8.45. The minimum absolute atomic E-state index is 0.262. The second-order valence-corrected chi connectivity index (χ2v) is 15.8. The zero-order chi connectivity index (χ0) is 23.7. The Bertz CT molecular complexity index is 1560. The van der Waals surface area contributed by atoms with E-state index in [2.05, 4.69) is 48.9 Å². The van der Waals surface area contributed by atoms with Gasteiger partial charge in [0.05, 0.1) is 24.0 Å². The number of hydrogen-bond acceptors (Lipinski definition) is 2. The lowest BCUT2D eigenvalue weighted by Crippen LogP contribution is -2.38. The van der Waals surface area contributed by atoms with Crippen molar-refractivity contribution >= 4 is 55.5 Å². The molecule has 0 fully saturated rings. The Morgan fingerprint density at radius 1 is 0.879 bits per heavy atom. The van der Waals surface area contributed by atoms with Crippen LogP contribution in [-0.2, 0) is 6.18 Å². The summed E-state index contributed by atoms with van der Waals surface area (Å²) in [5, 5.41) is 4.51. The van der Waals surface area contributed by atoms with Gasteiger partial charge in [0.25, 0.3) is 0 Å². The van der Waals surface area contributed by atoms with Crippen LogP contribution >= 0.6 is 11.3 Å². The average molecular weight is 480 g/mol. The van der Waals surface area contributed by atoms with Crippen molar-refractivity contribution in [3.63, 3.8) is 0 Å². The van der Waals surface area contributed by atoms with E-state index >= 15 is 0 Å². The molecule has 33 heavy (non-hydrogen) atoms. The standard InChI is InChI=1S/C27H24F3NSSi/c1-15-10-11-20-23-21(27(28,29)30)14-31-24(26(23)32-25(20)16(15)2)18-12-17-8-6-7-9-19(17)22(13-18)33(3,4)5/h6-14H,1-5H3. The van der Waals surface area contributed by atoms with Crippen LogP contribution in [0, 0.1) is 13.8 Å². The Balaban J connectivity index is 1.93. The summed E-state index contributed by atoms with van der Waals surface area (Å²) in [4.78, 5) is 4.43. The van der Waals surface area contributed by atoms with Gasteiger partial charge >= 0.3 is 6.18 Å². The Morgan fingerprint density at radius 2 is 1.61 bits per heavy atom. The molecule has 2 heterocycles. The predicted molar refractivity (Wildman–Crippen MR) is 138 cm³/mol. The average Bonchev–Trinajstić information content (AvgIpc) is 3.13. The van der Waals surface area contributed by atoms with Gasteiger partial charge in [-0.15, -0.1) is 11.3 Å². The van der Waals surface area contributed by atoms with Crippen LogP contribution in [0.2, 0.25) is 19.6 Å². The fraction of sp³-hybridized carbons (Fsp3) is 0.222. The topological polar surface area (TPSA) is 12.9 Å². The molecule has 0 N–H and O–H groups in total. The maximum Gasteiger partial charge on any atom is 0.418 e. The summed E-state index contributed by atoms with van der Waals surface area (Å²) in [5.41, 5.74) is 2.94. The second kappa shape index (κ2) is 7.40. The van der Waals surface area contributed by atoms with Crippen LogP contribution in [-0.4, -0.2) is 13.1 Å². The smallest absolute Gasteiger partial charge is 0.254 e. The van der Waals surface area contributed by atoms with E-state index in [4.69, 9.17) is 0 Å². The van der Waals surface area contributed by atoms with Crippen LogP contribution in [0.3, 0.4) is 0 Å². The molecular formula is C27H24F3NSSi. The molecule has 0 aliphatic rings. The van der Waals surface area contributed by atoms with Crippen molar-refractivity contribution in [3.8, 4) is 11.3 Å². The summed E-state index contributed by atoms with van der Waals surface area (Å²) < 4.78 is 43.6. The van der Waals surface area contributed by atoms with Crippen molar-refractivity contribution in [1.29, 1.82) is 0 Å². The van der Waals surface area contributed by atoms with Crippen molar-refractivity contribution in [1.82, 2.24) is 4.98 Å².